The van der Waals surface area contributed by atoms with Crippen LogP contribution in [-0.4, -0.2) is 42.5 Å². The van der Waals surface area contributed by atoms with Crippen LogP contribution in [0.1, 0.15) is 52.6 Å². The van der Waals surface area contributed by atoms with Crippen molar-refractivity contribution in [3.63, 3.8) is 0 Å². The standard InChI is InChI=1S/C29H31NO8/c1-29(2,3)38-28(34)30-21-13-14-22(27(33)35-4)20(17-21)15-16-36-25-23(26(31)32)11-8-12-24(25)37-18-19-9-6-5-7-10-19/h5-14,17H,15-16,18H2,1-4H3,(H,30,34)(H,31,32). The lowest BCUT2D eigenvalue weighted by molar-refractivity contribution is 0.0597. The van der Waals surface area contributed by atoms with Crippen LogP contribution in [0.2, 0.25) is 0 Å². The van der Waals surface area contributed by atoms with Gasteiger partial charge in [0.15, 0.2) is 11.5 Å². The zero-order chi connectivity index (χ0) is 27.7. The highest BCUT2D eigenvalue weighted by atomic mass is 16.6. The number of carbonyl (C=O) groups is 3. The quantitative estimate of drug-likeness (QED) is 0.325. The molecule has 0 saturated heterocycles. The Labute approximate surface area is 221 Å². The fourth-order valence-electron chi connectivity index (χ4n) is 3.55. The molecule has 1 amide bonds. The van der Waals surface area contributed by atoms with Crippen molar-refractivity contribution in [3.05, 3.63) is 89.0 Å². The first-order valence-corrected chi connectivity index (χ1v) is 11.9. The predicted octanol–water partition coefficient (Wildman–Crippen LogP) is 5.72. The van der Waals surface area contributed by atoms with Gasteiger partial charge in [0.2, 0.25) is 0 Å². The molecule has 0 heterocycles. The van der Waals surface area contributed by atoms with Crippen molar-refractivity contribution < 1.29 is 38.4 Å². The number of hydrogen-bond acceptors (Lipinski definition) is 7. The number of benzene rings is 3. The average Bonchev–Trinajstić information content (AvgIpc) is 2.87. The van der Waals surface area contributed by atoms with Crippen molar-refractivity contribution in [2.75, 3.05) is 19.0 Å². The molecule has 0 spiro atoms. The molecule has 0 fully saturated rings. The Bertz CT molecular complexity index is 1280. The molecule has 0 atom stereocenters. The second-order valence-corrected chi connectivity index (χ2v) is 9.30. The molecule has 2 N–H and O–H groups in total. The summed E-state index contributed by atoms with van der Waals surface area (Å²) in [6, 6.07) is 18.8. The Morgan fingerprint density at radius 1 is 0.895 bits per heavy atom. The molecular weight excluding hydrogens is 490 g/mol. The molecule has 0 bridgehead atoms. The summed E-state index contributed by atoms with van der Waals surface area (Å²) in [5.41, 5.74) is 1.42. The third kappa shape index (κ3) is 7.99. The third-order valence-electron chi connectivity index (χ3n) is 5.22. The van der Waals surface area contributed by atoms with Gasteiger partial charge in [-0.15, -0.1) is 0 Å². The van der Waals surface area contributed by atoms with Crippen LogP contribution < -0.4 is 14.8 Å². The van der Waals surface area contributed by atoms with Crippen LogP contribution in [0.4, 0.5) is 10.5 Å². The van der Waals surface area contributed by atoms with Gasteiger partial charge in [-0.2, -0.15) is 0 Å². The first-order valence-electron chi connectivity index (χ1n) is 11.9. The lowest BCUT2D eigenvalue weighted by Gasteiger charge is -2.20. The molecule has 0 aliphatic heterocycles. The SMILES string of the molecule is COC(=O)c1ccc(NC(=O)OC(C)(C)C)cc1CCOc1c(OCc2ccccc2)cccc1C(=O)O. The monoisotopic (exact) mass is 521 g/mol. The fourth-order valence-corrected chi connectivity index (χ4v) is 3.55. The number of aromatic carboxylic acids is 1. The van der Waals surface area contributed by atoms with Crippen molar-refractivity contribution in [2.24, 2.45) is 0 Å². The van der Waals surface area contributed by atoms with Gasteiger partial charge in [-0.1, -0.05) is 36.4 Å². The van der Waals surface area contributed by atoms with E-state index in [2.05, 4.69) is 5.32 Å². The maximum absolute atomic E-state index is 12.3. The van der Waals surface area contributed by atoms with Crippen LogP contribution in [0.5, 0.6) is 11.5 Å². The average molecular weight is 522 g/mol. The van der Waals surface area contributed by atoms with E-state index >= 15 is 0 Å². The van der Waals surface area contributed by atoms with Gasteiger partial charge >= 0.3 is 18.0 Å². The van der Waals surface area contributed by atoms with E-state index in [0.29, 0.717) is 11.3 Å². The lowest BCUT2D eigenvalue weighted by Crippen LogP contribution is -2.27. The predicted molar refractivity (Wildman–Crippen MR) is 141 cm³/mol. The van der Waals surface area contributed by atoms with Crippen molar-refractivity contribution in [1.29, 1.82) is 0 Å². The maximum Gasteiger partial charge on any atom is 0.412 e. The normalized spacial score (nSPS) is 10.8. The molecule has 0 unspecified atom stereocenters. The molecule has 3 aromatic rings. The van der Waals surface area contributed by atoms with Gasteiger partial charge in [-0.3, -0.25) is 5.32 Å². The summed E-state index contributed by atoms with van der Waals surface area (Å²) in [7, 11) is 1.27. The summed E-state index contributed by atoms with van der Waals surface area (Å²) in [5.74, 6) is -1.36. The minimum Gasteiger partial charge on any atom is -0.488 e. The number of anilines is 1. The highest BCUT2D eigenvalue weighted by Crippen LogP contribution is 2.32. The van der Waals surface area contributed by atoms with Crippen molar-refractivity contribution in [3.8, 4) is 11.5 Å². The highest BCUT2D eigenvalue weighted by molar-refractivity contribution is 5.93. The summed E-state index contributed by atoms with van der Waals surface area (Å²) in [4.78, 5) is 36.4. The van der Waals surface area contributed by atoms with E-state index in [1.54, 1.807) is 45.0 Å². The number of nitrogens with one attached hydrogen (secondary N) is 1. The number of carboxylic acid groups (broad SMARTS) is 1. The molecule has 0 radical (unpaired) electrons. The molecule has 38 heavy (non-hydrogen) atoms. The number of ether oxygens (including phenoxy) is 4. The number of methoxy groups -OCH3 is 1. The molecule has 0 aliphatic carbocycles. The molecule has 3 aromatic carbocycles. The molecule has 3 rings (SSSR count). The zero-order valence-corrected chi connectivity index (χ0v) is 21.8. The van der Waals surface area contributed by atoms with Crippen molar-refractivity contribution >= 4 is 23.7 Å². The van der Waals surface area contributed by atoms with Crippen LogP contribution in [0.3, 0.4) is 0 Å². The van der Waals surface area contributed by atoms with Gasteiger partial charge in [0.1, 0.15) is 17.8 Å². The molecular formula is C29H31NO8. The Kier molecular flexibility index (Phi) is 9.32. The van der Waals surface area contributed by atoms with E-state index in [1.165, 1.54) is 19.2 Å². The van der Waals surface area contributed by atoms with E-state index in [-0.39, 0.29) is 42.3 Å². The van der Waals surface area contributed by atoms with Gasteiger partial charge in [-0.05, 0) is 62.2 Å². The summed E-state index contributed by atoms with van der Waals surface area (Å²) in [6.45, 7) is 5.50. The molecule has 200 valence electrons. The largest absolute Gasteiger partial charge is 0.488 e. The van der Waals surface area contributed by atoms with Crippen molar-refractivity contribution in [2.45, 2.75) is 39.4 Å². The Morgan fingerprint density at radius 2 is 1.63 bits per heavy atom. The van der Waals surface area contributed by atoms with Gasteiger partial charge in [0.25, 0.3) is 0 Å². The summed E-state index contributed by atoms with van der Waals surface area (Å²) in [6.07, 6.45) is -0.429. The number of amides is 1. The molecule has 0 saturated carbocycles. The molecule has 0 aliphatic rings. The van der Waals surface area contributed by atoms with Gasteiger partial charge in [0.05, 0.1) is 19.3 Å². The van der Waals surface area contributed by atoms with E-state index in [1.807, 2.05) is 30.3 Å². The number of para-hydroxylation sites is 1. The number of rotatable bonds is 10. The van der Waals surface area contributed by atoms with E-state index in [0.717, 1.165) is 5.56 Å². The Morgan fingerprint density at radius 3 is 2.29 bits per heavy atom. The summed E-state index contributed by atoms with van der Waals surface area (Å²) >= 11 is 0. The second kappa shape index (κ2) is 12.6. The van der Waals surface area contributed by atoms with Crippen LogP contribution >= 0.6 is 0 Å². The summed E-state index contributed by atoms with van der Waals surface area (Å²) in [5, 5.41) is 12.3. The fraction of sp³-hybridized carbons (Fsp3) is 0.276. The molecule has 9 nitrogen and oxygen atoms in total. The zero-order valence-electron chi connectivity index (χ0n) is 21.8. The first kappa shape index (κ1) is 28.0. The highest BCUT2D eigenvalue weighted by Gasteiger charge is 2.20. The maximum atomic E-state index is 12.3. The van der Waals surface area contributed by atoms with Crippen LogP contribution in [-0.2, 0) is 22.5 Å². The van der Waals surface area contributed by atoms with E-state index in [4.69, 9.17) is 18.9 Å². The number of esters is 1. The first-order chi connectivity index (χ1) is 18.1. The van der Waals surface area contributed by atoms with E-state index < -0.39 is 23.6 Å². The van der Waals surface area contributed by atoms with E-state index in [9.17, 15) is 19.5 Å². The molecule has 0 aromatic heterocycles. The Balaban J connectivity index is 1.79. The molecule has 9 heteroatoms. The van der Waals surface area contributed by atoms with Crippen LogP contribution in [0.25, 0.3) is 0 Å². The minimum atomic E-state index is -1.16. The van der Waals surface area contributed by atoms with Gasteiger partial charge in [-0.25, -0.2) is 14.4 Å². The van der Waals surface area contributed by atoms with Crippen LogP contribution in [0, 0.1) is 0 Å². The minimum absolute atomic E-state index is 0.0197. The van der Waals surface area contributed by atoms with Gasteiger partial charge in [0, 0.05) is 12.1 Å². The second-order valence-electron chi connectivity index (χ2n) is 9.30. The number of carboxylic acids is 1. The third-order valence-corrected chi connectivity index (χ3v) is 5.22. The van der Waals surface area contributed by atoms with Gasteiger partial charge < -0.3 is 24.1 Å². The van der Waals surface area contributed by atoms with Crippen LogP contribution in [0.15, 0.2) is 66.7 Å². The summed E-state index contributed by atoms with van der Waals surface area (Å²) < 4.78 is 22.0. The number of carbonyl (C=O) groups excluding carboxylic acids is 2. The topological polar surface area (TPSA) is 120 Å². The Hall–Kier alpha value is -4.53. The smallest absolute Gasteiger partial charge is 0.412 e. The number of hydrogen-bond donors (Lipinski definition) is 2. The lowest BCUT2D eigenvalue weighted by atomic mass is 10.0. The van der Waals surface area contributed by atoms with Crippen molar-refractivity contribution in [1.82, 2.24) is 0 Å².